The Morgan fingerprint density at radius 1 is 1.10 bits per heavy atom. The van der Waals surface area contributed by atoms with Crippen LogP contribution in [0.25, 0.3) is 0 Å². The first-order valence-electron chi connectivity index (χ1n) is 7.60. The zero-order valence-electron chi connectivity index (χ0n) is 12.7. The predicted molar refractivity (Wildman–Crippen MR) is 85.4 cm³/mol. The van der Waals surface area contributed by atoms with Gasteiger partial charge in [0.2, 0.25) is 0 Å². The summed E-state index contributed by atoms with van der Waals surface area (Å²) in [4.78, 5) is 12.1. The number of benzene rings is 1. The fourth-order valence-electron chi connectivity index (χ4n) is 2.58. The number of nitrogens with one attached hydrogen (secondary N) is 1. The zero-order chi connectivity index (χ0) is 14.8. The van der Waals surface area contributed by atoms with Gasteiger partial charge in [-0.25, -0.2) is 0 Å². The Balaban J connectivity index is 1.58. The van der Waals surface area contributed by atoms with Crippen LogP contribution >= 0.6 is 0 Å². The standard InChI is InChI=1S/C18H22N2O/c1-13-3-6-17(18(21)20(13)2)12-19-11-14-4-7-15(8-5-14)16-9-10-16/h3-8,16,19H,9-12H2,1-2H3. The first kappa shape index (κ1) is 14.1. The van der Waals surface area contributed by atoms with Crippen LogP contribution in [-0.2, 0) is 20.1 Å². The average Bonchev–Trinajstić information content (AvgIpc) is 3.33. The van der Waals surface area contributed by atoms with Crippen LogP contribution in [0.4, 0.5) is 0 Å². The van der Waals surface area contributed by atoms with Gasteiger partial charge in [0.1, 0.15) is 0 Å². The molecule has 2 aromatic rings. The van der Waals surface area contributed by atoms with Gasteiger partial charge in [0, 0.05) is 31.4 Å². The fourth-order valence-corrected chi connectivity index (χ4v) is 2.58. The SMILES string of the molecule is Cc1ccc(CNCc2ccc(C3CC3)cc2)c(=O)n1C. The first-order chi connectivity index (χ1) is 10.1. The molecule has 1 aliphatic rings. The molecule has 0 atom stereocenters. The minimum Gasteiger partial charge on any atom is -0.316 e. The lowest BCUT2D eigenvalue weighted by molar-refractivity contribution is 0.674. The molecule has 1 aliphatic carbocycles. The van der Waals surface area contributed by atoms with Gasteiger partial charge >= 0.3 is 0 Å². The van der Waals surface area contributed by atoms with E-state index in [4.69, 9.17) is 0 Å². The summed E-state index contributed by atoms with van der Waals surface area (Å²) in [6.07, 6.45) is 2.68. The van der Waals surface area contributed by atoms with Gasteiger partial charge in [0.05, 0.1) is 0 Å². The summed E-state index contributed by atoms with van der Waals surface area (Å²) in [5, 5.41) is 3.36. The Bertz CT molecular complexity index is 681. The lowest BCUT2D eigenvalue weighted by Gasteiger charge is -2.08. The van der Waals surface area contributed by atoms with E-state index in [1.807, 2.05) is 26.1 Å². The lowest BCUT2D eigenvalue weighted by atomic mass is 10.1. The third kappa shape index (κ3) is 3.24. The molecule has 0 saturated heterocycles. The average molecular weight is 282 g/mol. The van der Waals surface area contributed by atoms with Crippen LogP contribution in [0.1, 0.15) is 41.1 Å². The van der Waals surface area contributed by atoms with Gasteiger partial charge in [0.15, 0.2) is 0 Å². The largest absolute Gasteiger partial charge is 0.316 e. The second-order valence-electron chi connectivity index (χ2n) is 5.98. The minimum absolute atomic E-state index is 0.0894. The van der Waals surface area contributed by atoms with Crippen LogP contribution in [-0.4, -0.2) is 4.57 Å². The van der Waals surface area contributed by atoms with E-state index in [2.05, 4.69) is 29.6 Å². The van der Waals surface area contributed by atoms with Crippen LogP contribution in [0.5, 0.6) is 0 Å². The summed E-state index contributed by atoms with van der Waals surface area (Å²) < 4.78 is 1.70. The highest BCUT2D eigenvalue weighted by Gasteiger charge is 2.22. The smallest absolute Gasteiger partial charge is 0.254 e. The molecule has 0 radical (unpaired) electrons. The van der Waals surface area contributed by atoms with Gasteiger partial charge in [0.25, 0.3) is 5.56 Å². The molecule has 0 aliphatic heterocycles. The van der Waals surface area contributed by atoms with E-state index in [9.17, 15) is 4.79 Å². The van der Waals surface area contributed by atoms with Crippen molar-refractivity contribution < 1.29 is 0 Å². The molecule has 1 aromatic heterocycles. The normalized spacial score (nSPS) is 14.4. The molecule has 3 rings (SSSR count). The predicted octanol–water partition coefficient (Wildman–Crippen LogP) is 2.86. The van der Waals surface area contributed by atoms with Crippen molar-refractivity contribution in [3.63, 3.8) is 0 Å². The molecule has 1 N–H and O–H groups in total. The summed E-state index contributed by atoms with van der Waals surface area (Å²) in [7, 11) is 1.82. The molecule has 1 fully saturated rings. The number of rotatable bonds is 5. The maximum absolute atomic E-state index is 12.1. The van der Waals surface area contributed by atoms with E-state index in [1.54, 1.807) is 4.57 Å². The minimum atomic E-state index is 0.0894. The molecule has 21 heavy (non-hydrogen) atoms. The summed E-state index contributed by atoms with van der Waals surface area (Å²) >= 11 is 0. The van der Waals surface area contributed by atoms with E-state index in [-0.39, 0.29) is 5.56 Å². The number of hydrogen-bond acceptors (Lipinski definition) is 2. The molecule has 0 amide bonds. The number of aryl methyl sites for hydroxylation is 1. The van der Waals surface area contributed by atoms with Crippen molar-refractivity contribution in [3.05, 3.63) is 69.1 Å². The van der Waals surface area contributed by atoms with Gasteiger partial charge < -0.3 is 9.88 Å². The highest BCUT2D eigenvalue weighted by atomic mass is 16.1. The van der Waals surface area contributed by atoms with Crippen molar-refractivity contribution in [1.29, 1.82) is 0 Å². The van der Waals surface area contributed by atoms with Crippen LogP contribution in [0.3, 0.4) is 0 Å². The molecule has 3 heteroatoms. The molecule has 1 saturated carbocycles. The molecular weight excluding hydrogens is 260 g/mol. The topological polar surface area (TPSA) is 34.0 Å². The van der Waals surface area contributed by atoms with Crippen molar-refractivity contribution in [1.82, 2.24) is 9.88 Å². The van der Waals surface area contributed by atoms with Crippen molar-refractivity contribution >= 4 is 0 Å². The Hall–Kier alpha value is -1.87. The molecular formula is C18H22N2O. The van der Waals surface area contributed by atoms with E-state index < -0.39 is 0 Å². The van der Waals surface area contributed by atoms with Crippen molar-refractivity contribution in [2.24, 2.45) is 7.05 Å². The third-order valence-electron chi connectivity index (χ3n) is 4.31. The zero-order valence-corrected chi connectivity index (χ0v) is 12.7. The van der Waals surface area contributed by atoms with Gasteiger partial charge in [-0.1, -0.05) is 30.3 Å². The van der Waals surface area contributed by atoms with Crippen LogP contribution in [0, 0.1) is 6.92 Å². The summed E-state index contributed by atoms with van der Waals surface area (Å²) in [6.45, 7) is 3.35. The fraction of sp³-hybridized carbons (Fsp3) is 0.389. The number of pyridine rings is 1. The second-order valence-corrected chi connectivity index (χ2v) is 5.98. The molecule has 1 aromatic carbocycles. The molecule has 0 bridgehead atoms. The van der Waals surface area contributed by atoms with E-state index in [1.165, 1.54) is 24.0 Å². The maximum Gasteiger partial charge on any atom is 0.254 e. The van der Waals surface area contributed by atoms with Crippen LogP contribution < -0.4 is 10.9 Å². The van der Waals surface area contributed by atoms with Gasteiger partial charge in [-0.3, -0.25) is 4.79 Å². The van der Waals surface area contributed by atoms with Gasteiger partial charge in [-0.2, -0.15) is 0 Å². The Kier molecular flexibility index (Phi) is 3.93. The molecule has 3 nitrogen and oxygen atoms in total. The lowest BCUT2D eigenvalue weighted by Crippen LogP contribution is -2.26. The van der Waals surface area contributed by atoms with Crippen LogP contribution in [0.15, 0.2) is 41.2 Å². The molecule has 1 heterocycles. The summed E-state index contributed by atoms with van der Waals surface area (Å²) in [5.41, 5.74) is 4.62. The maximum atomic E-state index is 12.1. The van der Waals surface area contributed by atoms with Gasteiger partial charge in [-0.05, 0) is 42.9 Å². The summed E-state index contributed by atoms with van der Waals surface area (Å²) in [6, 6.07) is 12.8. The van der Waals surface area contributed by atoms with Crippen molar-refractivity contribution in [3.8, 4) is 0 Å². The summed E-state index contributed by atoms with van der Waals surface area (Å²) in [5.74, 6) is 0.808. The number of nitrogens with zero attached hydrogens (tertiary/aromatic N) is 1. The van der Waals surface area contributed by atoms with E-state index in [0.29, 0.717) is 6.54 Å². The van der Waals surface area contributed by atoms with E-state index >= 15 is 0 Å². The number of aromatic nitrogens is 1. The first-order valence-corrected chi connectivity index (χ1v) is 7.60. The van der Waals surface area contributed by atoms with Crippen LogP contribution in [0.2, 0.25) is 0 Å². The molecule has 0 spiro atoms. The van der Waals surface area contributed by atoms with Crippen molar-refractivity contribution in [2.45, 2.75) is 38.8 Å². The Morgan fingerprint density at radius 3 is 2.48 bits per heavy atom. The Labute approximate surface area is 125 Å². The third-order valence-corrected chi connectivity index (χ3v) is 4.31. The van der Waals surface area contributed by atoms with E-state index in [0.717, 1.165) is 23.7 Å². The van der Waals surface area contributed by atoms with Gasteiger partial charge in [-0.15, -0.1) is 0 Å². The Morgan fingerprint density at radius 2 is 1.81 bits per heavy atom. The second kappa shape index (κ2) is 5.86. The quantitative estimate of drug-likeness (QED) is 0.915. The molecule has 0 unspecified atom stereocenters. The monoisotopic (exact) mass is 282 g/mol. The molecule has 110 valence electrons. The van der Waals surface area contributed by atoms with Crippen molar-refractivity contribution in [2.75, 3.05) is 0 Å². The number of hydrogen-bond donors (Lipinski definition) is 1. The highest BCUT2D eigenvalue weighted by Crippen LogP contribution is 2.39. The highest BCUT2D eigenvalue weighted by molar-refractivity contribution is 5.28.